The normalized spacial score (nSPS) is 28.3. The third-order valence-electron chi connectivity index (χ3n) is 3.51. The third-order valence-corrected chi connectivity index (χ3v) is 3.51. The molecule has 1 aliphatic rings. The van der Waals surface area contributed by atoms with Gasteiger partial charge in [0.1, 0.15) is 6.61 Å². The summed E-state index contributed by atoms with van der Waals surface area (Å²) in [6.45, 7) is 2.17. The van der Waals surface area contributed by atoms with Gasteiger partial charge in [-0.05, 0) is 31.1 Å². The molecule has 1 saturated carbocycles. The molecule has 1 unspecified atom stereocenters. The van der Waals surface area contributed by atoms with Crippen molar-refractivity contribution in [2.45, 2.75) is 51.5 Å². The summed E-state index contributed by atoms with van der Waals surface area (Å²) in [6.07, 6.45) is 3.18. The van der Waals surface area contributed by atoms with E-state index in [4.69, 9.17) is 10.5 Å². The van der Waals surface area contributed by atoms with Crippen LogP contribution >= 0.6 is 0 Å². The Kier molecular flexibility index (Phi) is 6.21. The zero-order valence-electron chi connectivity index (χ0n) is 10.0. The Bertz CT molecular complexity index is 182. The van der Waals surface area contributed by atoms with Crippen molar-refractivity contribution in [3.63, 3.8) is 0 Å². The first kappa shape index (κ1) is 13.8. The van der Waals surface area contributed by atoms with E-state index in [1.54, 1.807) is 0 Å². The first-order valence-electron chi connectivity index (χ1n) is 6.21. The predicted molar refractivity (Wildman–Crippen MR) is 60.5 cm³/mol. The van der Waals surface area contributed by atoms with Crippen LogP contribution < -0.4 is 5.73 Å². The van der Waals surface area contributed by atoms with Crippen LogP contribution in [-0.4, -0.2) is 25.7 Å². The monoisotopic (exact) mass is 235 g/mol. The fourth-order valence-corrected chi connectivity index (χ4v) is 2.34. The van der Waals surface area contributed by atoms with Crippen molar-refractivity contribution in [2.75, 3.05) is 13.2 Å². The summed E-state index contributed by atoms with van der Waals surface area (Å²) in [5.74, 6) is 1.38. The van der Waals surface area contributed by atoms with Gasteiger partial charge in [0.15, 0.2) is 0 Å². The Hall–Kier alpha value is -0.220. The molecule has 4 heteroatoms. The number of hydrogen-bond donors (Lipinski definition) is 1. The number of alkyl halides is 2. The number of ether oxygens (including phenoxy) is 1. The highest BCUT2D eigenvalue weighted by Crippen LogP contribution is 2.30. The molecule has 96 valence electrons. The minimum atomic E-state index is -2.37. The van der Waals surface area contributed by atoms with Crippen LogP contribution in [-0.2, 0) is 4.74 Å². The van der Waals surface area contributed by atoms with Gasteiger partial charge in [0.2, 0.25) is 0 Å². The van der Waals surface area contributed by atoms with Crippen LogP contribution in [0.4, 0.5) is 8.78 Å². The molecule has 1 atom stereocenters. The molecule has 2 N–H and O–H groups in total. The molecular formula is C12H23F2NO. The summed E-state index contributed by atoms with van der Waals surface area (Å²) in [7, 11) is 0. The average Bonchev–Trinajstić information content (AvgIpc) is 2.25. The summed E-state index contributed by atoms with van der Waals surface area (Å²) in [6, 6.07) is 0.116. The first-order chi connectivity index (χ1) is 7.59. The largest absolute Gasteiger partial charge is 0.375 e. The van der Waals surface area contributed by atoms with Crippen molar-refractivity contribution in [3.8, 4) is 0 Å². The Labute approximate surface area is 96.5 Å². The molecule has 0 bridgehead atoms. The summed E-state index contributed by atoms with van der Waals surface area (Å²) >= 11 is 0. The van der Waals surface area contributed by atoms with E-state index in [1.165, 1.54) is 25.7 Å². The molecule has 0 aromatic heterocycles. The molecule has 0 heterocycles. The minimum Gasteiger partial charge on any atom is -0.375 e. The van der Waals surface area contributed by atoms with Crippen LogP contribution in [0.5, 0.6) is 0 Å². The van der Waals surface area contributed by atoms with Gasteiger partial charge in [-0.25, -0.2) is 8.78 Å². The van der Waals surface area contributed by atoms with Gasteiger partial charge in [-0.2, -0.15) is 0 Å². The van der Waals surface area contributed by atoms with Crippen LogP contribution in [0.2, 0.25) is 0 Å². The molecule has 0 radical (unpaired) electrons. The maximum Gasteiger partial charge on any atom is 0.261 e. The van der Waals surface area contributed by atoms with E-state index < -0.39 is 13.0 Å². The average molecular weight is 235 g/mol. The second-order valence-electron chi connectivity index (χ2n) is 4.94. The van der Waals surface area contributed by atoms with Crippen molar-refractivity contribution >= 4 is 0 Å². The number of hydrogen-bond acceptors (Lipinski definition) is 2. The molecule has 0 spiro atoms. The van der Waals surface area contributed by atoms with Crippen LogP contribution in [0.1, 0.15) is 39.0 Å². The van der Waals surface area contributed by atoms with Crippen LogP contribution in [0.25, 0.3) is 0 Å². The van der Waals surface area contributed by atoms with Crippen molar-refractivity contribution in [1.82, 2.24) is 0 Å². The van der Waals surface area contributed by atoms with E-state index in [0.717, 1.165) is 5.92 Å². The van der Waals surface area contributed by atoms with Gasteiger partial charge in [0, 0.05) is 12.6 Å². The lowest BCUT2D eigenvalue weighted by Crippen LogP contribution is -2.34. The second-order valence-corrected chi connectivity index (χ2v) is 4.94. The van der Waals surface area contributed by atoms with Gasteiger partial charge >= 0.3 is 0 Å². The summed E-state index contributed by atoms with van der Waals surface area (Å²) in [5, 5.41) is 0. The second kappa shape index (κ2) is 7.17. The fraction of sp³-hybridized carbons (Fsp3) is 1.00. The first-order valence-corrected chi connectivity index (χ1v) is 6.21. The lowest BCUT2D eigenvalue weighted by atomic mass is 9.79. The zero-order valence-corrected chi connectivity index (χ0v) is 10.0. The molecule has 0 saturated heterocycles. The van der Waals surface area contributed by atoms with Gasteiger partial charge in [-0.15, -0.1) is 0 Å². The molecule has 1 rings (SSSR count). The number of rotatable bonds is 6. The molecule has 0 aromatic rings. The summed E-state index contributed by atoms with van der Waals surface area (Å²) < 4.78 is 28.4. The topological polar surface area (TPSA) is 35.2 Å². The molecule has 2 nitrogen and oxygen atoms in total. The smallest absolute Gasteiger partial charge is 0.261 e. The minimum absolute atomic E-state index is 0.116. The Morgan fingerprint density at radius 1 is 1.25 bits per heavy atom. The highest BCUT2D eigenvalue weighted by Gasteiger charge is 2.23. The summed E-state index contributed by atoms with van der Waals surface area (Å²) in [5.41, 5.74) is 6.04. The van der Waals surface area contributed by atoms with Gasteiger partial charge < -0.3 is 10.5 Å². The van der Waals surface area contributed by atoms with Crippen LogP contribution in [0.15, 0.2) is 0 Å². The molecule has 16 heavy (non-hydrogen) atoms. The third kappa shape index (κ3) is 5.21. The van der Waals surface area contributed by atoms with Gasteiger partial charge in [0.05, 0.1) is 0 Å². The van der Waals surface area contributed by atoms with Crippen molar-refractivity contribution in [2.24, 2.45) is 17.6 Å². The predicted octanol–water partition coefficient (Wildman–Crippen LogP) is 2.81. The van der Waals surface area contributed by atoms with E-state index in [2.05, 4.69) is 6.92 Å². The van der Waals surface area contributed by atoms with Crippen molar-refractivity contribution < 1.29 is 13.5 Å². The molecule has 0 aliphatic heterocycles. The molecule has 0 amide bonds. The SMILES string of the molecule is CC1CCC(C(N)CCOCC(F)F)CC1. The zero-order chi connectivity index (χ0) is 12.0. The van der Waals surface area contributed by atoms with E-state index in [1.807, 2.05) is 0 Å². The van der Waals surface area contributed by atoms with Crippen molar-refractivity contribution in [3.05, 3.63) is 0 Å². The van der Waals surface area contributed by atoms with Gasteiger partial charge in [-0.3, -0.25) is 0 Å². The van der Waals surface area contributed by atoms with E-state index in [9.17, 15) is 8.78 Å². The standard InChI is InChI=1S/C12H23F2NO/c1-9-2-4-10(5-3-9)11(15)6-7-16-8-12(13)14/h9-12H,2-8,15H2,1H3. The maximum atomic E-state index is 11.8. The molecule has 1 fully saturated rings. The van der Waals surface area contributed by atoms with Gasteiger partial charge in [0.25, 0.3) is 6.43 Å². The summed E-state index contributed by atoms with van der Waals surface area (Å²) in [4.78, 5) is 0. The molecule has 1 aliphatic carbocycles. The number of nitrogens with two attached hydrogens (primary N) is 1. The van der Waals surface area contributed by atoms with E-state index in [0.29, 0.717) is 18.9 Å². The lowest BCUT2D eigenvalue weighted by Gasteiger charge is -2.30. The molecular weight excluding hydrogens is 212 g/mol. The van der Waals surface area contributed by atoms with Gasteiger partial charge in [-0.1, -0.05) is 19.8 Å². The van der Waals surface area contributed by atoms with E-state index in [-0.39, 0.29) is 6.04 Å². The van der Waals surface area contributed by atoms with E-state index >= 15 is 0 Å². The Balaban J connectivity index is 2.08. The highest BCUT2D eigenvalue weighted by molar-refractivity contribution is 4.78. The fourth-order valence-electron chi connectivity index (χ4n) is 2.34. The quantitative estimate of drug-likeness (QED) is 0.718. The Morgan fingerprint density at radius 3 is 2.44 bits per heavy atom. The Morgan fingerprint density at radius 2 is 1.88 bits per heavy atom. The van der Waals surface area contributed by atoms with Crippen LogP contribution in [0.3, 0.4) is 0 Å². The highest BCUT2D eigenvalue weighted by atomic mass is 19.3. The maximum absolute atomic E-state index is 11.8. The number of halogens is 2. The van der Waals surface area contributed by atoms with Crippen molar-refractivity contribution in [1.29, 1.82) is 0 Å². The van der Waals surface area contributed by atoms with Crippen LogP contribution in [0, 0.1) is 11.8 Å². The molecule has 0 aromatic carbocycles. The lowest BCUT2D eigenvalue weighted by molar-refractivity contribution is 0.0132.